The Hall–Kier alpha value is -1.14. The molecule has 0 bridgehead atoms. The molecule has 0 amide bonds. The van der Waals surface area contributed by atoms with Gasteiger partial charge in [0.2, 0.25) is 0 Å². The summed E-state index contributed by atoms with van der Waals surface area (Å²) in [7, 11) is 0. The number of aliphatic hydroxyl groups excluding tert-OH is 2. The van der Waals surface area contributed by atoms with Crippen molar-refractivity contribution < 1.29 is 30.0 Å². The summed E-state index contributed by atoms with van der Waals surface area (Å²) in [6.45, 7) is 3.77. The van der Waals surface area contributed by atoms with Crippen LogP contribution in [-0.4, -0.2) is 44.6 Å². The Morgan fingerprint density at radius 1 is 0.762 bits per heavy atom. The maximum atomic E-state index is 10.4. The molecular weight excluding hydrogens is 276 g/mol. The van der Waals surface area contributed by atoms with Crippen LogP contribution >= 0.6 is 0 Å². The second kappa shape index (κ2) is 8.34. The Balaban J connectivity index is 0.000000364. The molecule has 0 spiro atoms. The van der Waals surface area contributed by atoms with E-state index >= 15 is 0 Å². The van der Waals surface area contributed by atoms with E-state index in [1.54, 1.807) is 0 Å². The minimum atomic E-state index is -0.775. The first kappa shape index (κ1) is 19.9. The Kier molecular flexibility index (Phi) is 7.89. The molecular formula is C15H28O6. The van der Waals surface area contributed by atoms with Crippen molar-refractivity contribution in [1.82, 2.24) is 0 Å². The highest BCUT2D eigenvalue weighted by Gasteiger charge is 2.34. The van der Waals surface area contributed by atoms with E-state index in [2.05, 4.69) is 0 Å². The summed E-state index contributed by atoms with van der Waals surface area (Å²) in [5, 5.41) is 35.4. The van der Waals surface area contributed by atoms with Crippen LogP contribution < -0.4 is 0 Å². The highest BCUT2D eigenvalue weighted by Crippen LogP contribution is 2.31. The lowest BCUT2D eigenvalue weighted by Gasteiger charge is -2.03. The summed E-state index contributed by atoms with van der Waals surface area (Å²) >= 11 is 0. The fourth-order valence-electron chi connectivity index (χ4n) is 2.86. The molecule has 124 valence electrons. The van der Waals surface area contributed by atoms with Gasteiger partial charge in [-0.3, -0.25) is 9.59 Å². The highest BCUT2D eigenvalue weighted by atomic mass is 16.4. The van der Waals surface area contributed by atoms with E-state index in [1.165, 1.54) is 0 Å². The molecule has 6 atom stereocenters. The molecule has 6 heteroatoms. The second-order valence-corrected chi connectivity index (χ2v) is 6.10. The number of hydrogen-bond acceptors (Lipinski definition) is 4. The number of carboxylic acid groups (broad SMARTS) is 2. The minimum absolute atomic E-state index is 0. The van der Waals surface area contributed by atoms with Crippen molar-refractivity contribution in [3.05, 3.63) is 0 Å². The zero-order chi connectivity index (χ0) is 15.4. The van der Waals surface area contributed by atoms with Crippen LogP contribution in [0.25, 0.3) is 0 Å². The maximum Gasteiger partial charge on any atom is 0.306 e. The molecule has 4 N–H and O–H groups in total. The normalized spacial score (nSPS) is 38.1. The van der Waals surface area contributed by atoms with Gasteiger partial charge in [-0.25, -0.2) is 0 Å². The van der Waals surface area contributed by atoms with Gasteiger partial charge in [-0.1, -0.05) is 21.3 Å². The first-order valence-corrected chi connectivity index (χ1v) is 7.04. The summed E-state index contributed by atoms with van der Waals surface area (Å²) < 4.78 is 0. The number of carboxylic acids is 2. The number of carbonyl (C=O) groups is 2. The van der Waals surface area contributed by atoms with Gasteiger partial charge < -0.3 is 20.4 Å². The van der Waals surface area contributed by atoms with Crippen molar-refractivity contribution in [2.24, 2.45) is 23.7 Å². The third-order valence-electron chi connectivity index (χ3n) is 4.38. The van der Waals surface area contributed by atoms with Gasteiger partial charge in [0.25, 0.3) is 0 Å². The summed E-state index contributed by atoms with van der Waals surface area (Å²) in [5.41, 5.74) is 0. The lowest BCUT2D eigenvalue weighted by Crippen LogP contribution is -2.10. The van der Waals surface area contributed by atoms with Gasteiger partial charge in [0.15, 0.2) is 0 Å². The molecule has 0 aliphatic heterocycles. The molecule has 0 unspecified atom stereocenters. The van der Waals surface area contributed by atoms with E-state index in [0.29, 0.717) is 25.7 Å². The highest BCUT2D eigenvalue weighted by molar-refractivity contribution is 5.70. The van der Waals surface area contributed by atoms with Crippen molar-refractivity contribution in [3.63, 3.8) is 0 Å². The summed E-state index contributed by atoms with van der Waals surface area (Å²) in [4.78, 5) is 20.8. The molecule has 21 heavy (non-hydrogen) atoms. The van der Waals surface area contributed by atoms with Crippen molar-refractivity contribution in [2.75, 3.05) is 0 Å². The summed E-state index contributed by atoms with van der Waals surface area (Å²) in [6.07, 6.45) is 1.29. The van der Waals surface area contributed by atoms with Crippen LogP contribution in [0.2, 0.25) is 0 Å². The number of aliphatic hydroxyl groups is 2. The molecule has 2 aliphatic carbocycles. The predicted octanol–water partition coefficient (Wildman–Crippen LogP) is 1.59. The van der Waals surface area contributed by atoms with Gasteiger partial charge in [0.05, 0.1) is 24.0 Å². The standard InChI is InChI=1S/2C7H12O3.CH4/c2*1-4-2-5(7(9)10)3-6(4)8;/h2*4-6,8H,2-3H2,1H3,(H,9,10);1H4/t2*4-,5-,6-;/m10./s1. The molecule has 6 nitrogen and oxygen atoms in total. The second-order valence-electron chi connectivity index (χ2n) is 6.10. The van der Waals surface area contributed by atoms with Crippen LogP contribution in [0.5, 0.6) is 0 Å². The summed E-state index contributed by atoms with van der Waals surface area (Å²) in [5.74, 6) is -1.87. The molecule has 2 rings (SSSR count). The van der Waals surface area contributed by atoms with Crippen LogP contribution in [0.1, 0.15) is 47.0 Å². The monoisotopic (exact) mass is 304 g/mol. The zero-order valence-electron chi connectivity index (χ0n) is 11.9. The molecule has 0 aromatic heterocycles. The third kappa shape index (κ3) is 5.63. The van der Waals surface area contributed by atoms with Gasteiger partial charge in [-0.05, 0) is 37.5 Å². The first-order valence-electron chi connectivity index (χ1n) is 7.04. The lowest BCUT2D eigenvalue weighted by molar-refractivity contribution is -0.142. The van der Waals surface area contributed by atoms with Crippen molar-refractivity contribution in [3.8, 4) is 0 Å². The van der Waals surface area contributed by atoms with Gasteiger partial charge in [0.1, 0.15) is 0 Å². The van der Waals surface area contributed by atoms with E-state index in [9.17, 15) is 9.59 Å². The molecule has 2 aliphatic rings. The van der Waals surface area contributed by atoms with E-state index in [4.69, 9.17) is 20.4 Å². The maximum absolute atomic E-state index is 10.4. The number of rotatable bonds is 2. The fourth-order valence-corrected chi connectivity index (χ4v) is 2.86. The van der Waals surface area contributed by atoms with Crippen molar-refractivity contribution in [2.45, 2.75) is 59.2 Å². The number of hydrogen-bond donors (Lipinski definition) is 4. The Morgan fingerprint density at radius 2 is 1.05 bits per heavy atom. The largest absolute Gasteiger partial charge is 0.481 e. The van der Waals surface area contributed by atoms with Gasteiger partial charge in [0, 0.05) is 0 Å². The average Bonchev–Trinajstić information content (AvgIpc) is 2.85. The molecule has 0 saturated heterocycles. The molecule has 2 fully saturated rings. The van der Waals surface area contributed by atoms with E-state index in [0.717, 1.165) is 0 Å². The van der Waals surface area contributed by atoms with E-state index in [-0.39, 0.29) is 31.1 Å². The van der Waals surface area contributed by atoms with Crippen LogP contribution in [-0.2, 0) is 9.59 Å². The average molecular weight is 304 g/mol. The van der Waals surface area contributed by atoms with Crippen molar-refractivity contribution in [1.29, 1.82) is 0 Å². The SMILES string of the molecule is C.C[C@@H]1C[C@@H](C(=O)O)C[C@H]1O.C[C@H]1C[C@H](C(=O)O)C[C@@H]1O. The number of aliphatic carboxylic acids is 2. The topological polar surface area (TPSA) is 115 Å². The predicted molar refractivity (Wildman–Crippen MR) is 77.8 cm³/mol. The van der Waals surface area contributed by atoms with Crippen molar-refractivity contribution >= 4 is 11.9 Å². The summed E-state index contributed by atoms with van der Waals surface area (Å²) in [6, 6.07) is 0. The quantitative estimate of drug-likeness (QED) is 0.616. The molecule has 0 radical (unpaired) electrons. The molecule has 0 aromatic carbocycles. The van der Waals surface area contributed by atoms with E-state index < -0.39 is 24.1 Å². The fraction of sp³-hybridized carbons (Fsp3) is 0.867. The zero-order valence-corrected chi connectivity index (χ0v) is 11.9. The van der Waals surface area contributed by atoms with Crippen LogP contribution in [0.15, 0.2) is 0 Å². The smallest absolute Gasteiger partial charge is 0.306 e. The molecule has 2 saturated carbocycles. The van der Waals surface area contributed by atoms with Crippen LogP contribution in [0.4, 0.5) is 0 Å². The molecule has 0 heterocycles. The van der Waals surface area contributed by atoms with E-state index in [1.807, 2.05) is 13.8 Å². The minimum Gasteiger partial charge on any atom is -0.481 e. The third-order valence-corrected chi connectivity index (χ3v) is 4.38. The van der Waals surface area contributed by atoms with Gasteiger partial charge in [-0.2, -0.15) is 0 Å². The van der Waals surface area contributed by atoms with Gasteiger partial charge >= 0.3 is 11.9 Å². The van der Waals surface area contributed by atoms with Crippen LogP contribution in [0.3, 0.4) is 0 Å². The Bertz CT molecular complexity index is 302. The molecule has 0 aromatic rings. The lowest BCUT2D eigenvalue weighted by atomic mass is 10.1. The van der Waals surface area contributed by atoms with Crippen LogP contribution in [0, 0.1) is 23.7 Å². The Labute approximate surface area is 125 Å². The van der Waals surface area contributed by atoms with Gasteiger partial charge in [-0.15, -0.1) is 0 Å². The Morgan fingerprint density at radius 3 is 1.14 bits per heavy atom. The first-order chi connectivity index (χ1) is 9.22.